The van der Waals surface area contributed by atoms with E-state index in [2.05, 4.69) is 30.6 Å². The predicted molar refractivity (Wildman–Crippen MR) is 114 cm³/mol. The number of rotatable bonds is 4. The van der Waals surface area contributed by atoms with Crippen LogP contribution in [0.1, 0.15) is 63.7 Å². The lowest BCUT2D eigenvalue weighted by molar-refractivity contribution is -0.162. The number of nitrogens with zero attached hydrogens (tertiary/aromatic N) is 2. The maximum Gasteiger partial charge on any atom is 0.335 e. The van der Waals surface area contributed by atoms with E-state index in [1.165, 1.54) is 6.42 Å². The Bertz CT molecular complexity index is 780. The van der Waals surface area contributed by atoms with E-state index in [4.69, 9.17) is 5.11 Å². The maximum atomic E-state index is 12.7. The van der Waals surface area contributed by atoms with E-state index in [-0.39, 0.29) is 5.91 Å². The van der Waals surface area contributed by atoms with Gasteiger partial charge in [-0.15, -0.1) is 0 Å². The summed E-state index contributed by atoms with van der Waals surface area (Å²) in [6.07, 6.45) is 4.44. The molecule has 4 fully saturated rings. The first kappa shape index (κ1) is 20.2. The zero-order valence-corrected chi connectivity index (χ0v) is 18.1. The summed E-state index contributed by atoms with van der Waals surface area (Å²) in [5.74, 6) is 1.39. The Morgan fingerprint density at radius 2 is 1.72 bits per heavy atom. The minimum Gasteiger partial charge on any atom is -0.478 e. The number of carbonyl (C=O) groups excluding carboxylic acids is 1. The van der Waals surface area contributed by atoms with Crippen LogP contribution in [0.2, 0.25) is 0 Å². The summed E-state index contributed by atoms with van der Waals surface area (Å²) in [7, 11) is 0. The topological polar surface area (TPSA) is 60.9 Å². The third kappa shape index (κ3) is 3.43. The van der Waals surface area contributed by atoms with Gasteiger partial charge in [0.25, 0.3) is 0 Å². The lowest BCUT2D eigenvalue weighted by Gasteiger charge is -2.64. The monoisotopic (exact) mass is 398 g/mol. The first-order valence-corrected chi connectivity index (χ1v) is 11.1. The molecule has 0 radical (unpaired) electrons. The zero-order valence-electron chi connectivity index (χ0n) is 18.1. The Kier molecular flexibility index (Phi) is 5.12. The number of carboxylic acids is 1. The van der Waals surface area contributed by atoms with Crippen LogP contribution in [-0.2, 0) is 4.79 Å². The summed E-state index contributed by atoms with van der Waals surface area (Å²) in [6, 6.07) is 7.83. The van der Waals surface area contributed by atoms with Crippen molar-refractivity contribution in [3.63, 3.8) is 0 Å². The Balaban J connectivity index is 1.42. The van der Waals surface area contributed by atoms with Crippen molar-refractivity contribution >= 4 is 17.6 Å². The molecule has 4 aliphatic rings. The number of hydrogen-bond donors (Lipinski definition) is 1. The highest BCUT2D eigenvalue weighted by molar-refractivity contribution is 5.88. The minimum atomic E-state index is -0.893. The molecule has 1 aromatic carbocycles. The van der Waals surface area contributed by atoms with Gasteiger partial charge in [-0.25, -0.2) is 4.79 Å². The SMILES string of the molecule is CC(=O)N(C1CCN(c2ccc(C(=O)O)cc2)CC1)C1CC2CC(C1C)C2(C)C. The number of fused-ring (bicyclic) bond motifs is 2. The number of benzene rings is 1. The number of hydrogen-bond acceptors (Lipinski definition) is 3. The molecule has 1 aromatic rings. The normalized spacial score (nSPS) is 31.1. The molecule has 1 saturated heterocycles. The molecule has 1 aliphatic heterocycles. The summed E-state index contributed by atoms with van der Waals surface area (Å²) < 4.78 is 0. The molecule has 2 bridgehead atoms. The van der Waals surface area contributed by atoms with Gasteiger partial charge in [-0.3, -0.25) is 4.79 Å². The second-order valence-electron chi connectivity index (χ2n) is 10.0. The number of amides is 1. The van der Waals surface area contributed by atoms with E-state index < -0.39 is 5.97 Å². The van der Waals surface area contributed by atoms with E-state index in [0.29, 0.717) is 29.0 Å². The van der Waals surface area contributed by atoms with Crippen molar-refractivity contribution in [1.82, 2.24) is 4.90 Å². The quantitative estimate of drug-likeness (QED) is 0.823. The Labute approximate surface area is 174 Å². The summed E-state index contributed by atoms with van der Waals surface area (Å²) in [4.78, 5) is 28.3. The number of carbonyl (C=O) groups is 2. The molecule has 3 aliphatic carbocycles. The molecule has 4 unspecified atom stereocenters. The predicted octanol–water partition coefficient (Wildman–Crippen LogP) is 4.27. The first-order valence-electron chi connectivity index (χ1n) is 11.1. The zero-order chi connectivity index (χ0) is 20.9. The summed E-state index contributed by atoms with van der Waals surface area (Å²) >= 11 is 0. The third-order valence-corrected chi connectivity index (χ3v) is 8.37. The minimum absolute atomic E-state index is 0.227. The van der Waals surface area contributed by atoms with Crippen molar-refractivity contribution in [1.29, 1.82) is 0 Å². The molecule has 0 spiro atoms. The van der Waals surface area contributed by atoms with Crippen LogP contribution in [0, 0.1) is 23.2 Å². The molecule has 4 atom stereocenters. The standard InChI is InChI=1S/C24H34N2O3/c1-15-21-13-18(24(21,3)4)14-22(15)26(16(2)27)20-9-11-25(12-10-20)19-7-5-17(6-8-19)23(28)29/h5-8,15,18,20-22H,9-14H2,1-4H3,(H,28,29). The van der Waals surface area contributed by atoms with Gasteiger partial charge in [-0.05, 0) is 73.1 Å². The highest BCUT2D eigenvalue weighted by Gasteiger charge is 2.58. The summed E-state index contributed by atoms with van der Waals surface area (Å²) in [5, 5.41) is 9.08. The van der Waals surface area contributed by atoms with Gasteiger partial charge in [-0.1, -0.05) is 20.8 Å². The van der Waals surface area contributed by atoms with Crippen molar-refractivity contribution < 1.29 is 14.7 Å². The van der Waals surface area contributed by atoms with Gasteiger partial charge in [-0.2, -0.15) is 0 Å². The average Bonchev–Trinajstić information content (AvgIpc) is 2.69. The molecule has 3 saturated carbocycles. The van der Waals surface area contributed by atoms with Crippen molar-refractivity contribution in [3.8, 4) is 0 Å². The molecular formula is C24H34N2O3. The lowest BCUT2D eigenvalue weighted by atomic mass is 9.44. The Morgan fingerprint density at radius 1 is 1.10 bits per heavy atom. The summed E-state index contributed by atoms with van der Waals surface area (Å²) in [5.41, 5.74) is 1.82. The molecule has 1 N–H and O–H groups in total. The molecule has 0 aromatic heterocycles. The van der Waals surface area contributed by atoms with Gasteiger partial charge in [0.2, 0.25) is 5.91 Å². The van der Waals surface area contributed by atoms with Crippen LogP contribution in [0.25, 0.3) is 0 Å². The second kappa shape index (κ2) is 7.33. The highest BCUT2D eigenvalue weighted by Crippen LogP contribution is 2.62. The molecule has 158 valence electrons. The van der Waals surface area contributed by atoms with E-state index in [1.807, 2.05) is 12.1 Å². The first-order chi connectivity index (χ1) is 13.7. The smallest absolute Gasteiger partial charge is 0.335 e. The van der Waals surface area contributed by atoms with Crippen LogP contribution >= 0.6 is 0 Å². The number of aromatic carboxylic acids is 1. The van der Waals surface area contributed by atoms with Crippen LogP contribution in [0.15, 0.2) is 24.3 Å². The van der Waals surface area contributed by atoms with Gasteiger partial charge in [0.15, 0.2) is 0 Å². The van der Waals surface area contributed by atoms with Gasteiger partial charge in [0.1, 0.15) is 0 Å². The van der Waals surface area contributed by atoms with Crippen molar-refractivity contribution in [2.75, 3.05) is 18.0 Å². The van der Waals surface area contributed by atoms with Crippen LogP contribution in [0.5, 0.6) is 0 Å². The lowest BCUT2D eigenvalue weighted by Crippen LogP contribution is -2.63. The van der Waals surface area contributed by atoms with Crippen LogP contribution in [-0.4, -0.2) is 47.1 Å². The molecule has 1 heterocycles. The van der Waals surface area contributed by atoms with E-state index >= 15 is 0 Å². The fraction of sp³-hybridized carbons (Fsp3) is 0.667. The fourth-order valence-corrected chi connectivity index (χ4v) is 6.47. The average molecular weight is 399 g/mol. The third-order valence-electron chi connectivity index (χ3n) is 8.37. The Morgan fingerprint density at radius 3 is 2.21 bits per heavy atom. The van der Waals surface area contributed by atoms with E-state index in [9.17, 15) is 9.59 Å². The summed E-state index contributed by atoms with van der Waals surface area (Å²) in [6.45, 7) is 10.7. The maximum absolute atomic E-state index is 12.7. The molecule has 1 amide bonds. The van der Waals surface area contributed by atoms with Crippen molar-refractivity contribution in [2.24, 2.45) is 23.2 Å². The molecule has 29 heavy (non-hydrogen) atoms. The number of carboxylic acid groups (broad SMARTS) is 1. The van der Waals surface area contributed by atoms with Crippen LogP contribution in [0.3, 0.4) is 0 Å². The van der Waals surface area contributed by atoms with Gasteiger partial charge < -0.3 is 14.9 Å². The number of piperidine rings is 1. The van der Waals surface area contributed by atoms with Crippen LogP contribution < -0.4 is 4.90 Å². The molecule has 5 heteroatoms. The van der Waals surface area contributed by atoms with Gasteiger partial charge in [0.05, 0.1) is 5.56 Å². The van der Waals surface area contributed by atoms with Crippen LogP contribution in [0.4, 0.5) is 5.69 Å². The molecule has 5 rings (SSSR count). The highest BCUT2D eigenvalue weighted by atomic mass is 16.4. The van der Waals surface area contributed by atoms with Crippen molar-refractivity contribution in [2.45, 2.75) is 65.5 Å². The second-order valence-corrected chi connectivity index (χ2v) is 10.0. The van der Waals surface area contributed by atoms with Crippen molar-refractivity contribution in [3.05, 3.63) is 29.8 Å². The molecule has 5 nitrogen and oxygen atoms in total. The van der Waals surface area contributed by atoms with Gasteiger partial charge >= 0.3 is 5.97 Å². The largest absolute Gasteiger partial charge is 0.478 e. The molecular weight excluding hydrogens is 364 g/mol. The fourth-order valence-electron chi connectivity index (χ4n) is 6.47. The van der Waals surface area contributed by atoms with E-state index in [1.54, 1.807) is 19.1 Å². The number of anilines is 1. The van der Waals surface area contributed by atoms with E-state index in [0.717, 1.165) is 49.9 Å². The van der Waals surface area contributed by atoms with Gasteiger partial charge in [0, 0.05) is 37.8 Å². The Hall–Kier alpha value is -2.04.